The van der Waals surface area contributed by atoms with Crippen molar-refractivity contribution in [2.45, 2.75) is 13.5 Å². The van der Waals surface area contributed by atoms with Crippen LogP contribution in [-0.4, -0.2) is 28.9 Å². The Balaban J connectivity index is 1.57. The second-order valence-corrected chi connectivity index (χ2v) is 7.59. The zero-order valence-electron chi connectivity index (χ0n) is 15.8. The third-order valence-electron chi connectivity index (χ3n) is 4.39. The lowest BCUT2D eigenvalue weighted by Gasteiger charge is -2.15. The number of hydrogen-bond donors (Lipinski definition) is 4. The number of aromatic nitrogens is 4. The van der Waals surface area contributed by atoms with Crippen molar-refractivity contribution in [1.29, 1.82) is 0 Å². The molecule has 0 amide bonds. The van der Waals surface area contributed by atoms with Crippen LogP contribution in [0.5, 0.6) is 0 Å². The molecule has 0 aliphatic heterocycles. The lowest BCUT2D eigenvalue weighted by atomic mass is 10.1. The van der Waals surface area contributed by atoms with Gasteiger partial charge in [0.25, 0.3) is 0 Å². The molecule has 11 heteroatoms. The largest absolute Gasteiger partial charge is 0.760 e. The number of H-pyrrole nitrogens is 1. The smallest absolute Gasteiger partial charge is 0.229 e. The van der Waals surface area contributed by atoms with Crippen molar-refractivity contribution in [3.8, 4) is 0 Å². The first kappa shape index (κ1) is 20.2. The van der Waals surface area contributed by atoms with Gasteiger partial charge in [0.1, 0.15) is 11.0 Å². The van der Waals surface area contributed by atoms with Crippen molar-refractivity contribution in [1.82, 2.24) is 24.9 Å². The molecule has 30 heavy (non-hydrogen) atoms. The first-order chi connectivity index (χ1) is 14.5. The highest BCUT2D eigenvalue weighted by Gasteiger charge is 2.09. The van der Waals surface area contributed by atoms with Gasteiger partial charge in [0.15, 0.2) is 0 Å². The van der Waals surface area contributed by atoms with E-state index < -0.39 is 11.3 Å². The number of benzene rings is 2. The van der Waals surface area contributed by atoms with Gasteiger partial charge in [-0.15, -0.1) is 0 Å². The zero-order valence-corrected chi connectivity index (χ0v) is 17.3. The quantitative estimate of drug-likeness (QED) is 0.321. The van der Waals surface area contributed by atoms with Crippen molar-refractivity contribution in [2.24, 2.45) is 0 Å². The topological polar surface area (TPSA) is 131 Å². The van der Waals surface area contributed by atoms with Gasteiger partial charge in [-0.2, -0.15) is 10.1 Å². The molecule has 2 aromatic carbocycles. The van der Waals surface area contributed by atoms with E-state index in [1.807, 2.05) is 49.4 Å². The Morgan fingerprint density at radius 2 is 2.03 bits per heavy atom. The van der Waals surface area contributed by atoms with E-state index in [0.717, 1.165) is 33.4 Å². The Kier molecular flexibility index (Phi) is 5.91. The molecule has 0 radical (unpaired) electrons. The number of aryl methyl sites for hydroxylation is 1. The molecular formula is C19H17ClN7O2S-. The molecule has 0 saturated carbocycles. The van der Waals surface area contributed by atoms with Crippen molar-refractivity contribution in [2.75, 3.05) is 10.6 Å². The predicted octanol–water partition coefficient (Wildman–Crippen LogP) is 3.69. The van der Waals surface area contributed by atoms with Gasteiger partial charge in [-0.05, 0) is 36.8 Å². The average Bonchev–Trinajstić information content (AvgIpc) is 3.10. The van der Waals surface area contributed by atoms with Gasteiger partial charge in [-0.25, -0.2) is 9.71 Å². The summed E-state index contributed by atoms with van der Waals surface area (Å²) >= 11 is 3.70. The number of fused-ring (bicyclic) bond motifs is 1. The molecule has 0 fully saturated rings. The molecule has 4 aromatic rings. The third kappa shape index (κ3) is 4.57. The summed E-state index contributed by atoms with van der Waals surface area (Å²) in [7, 11) is 0. The lowest BCUT2D eigenvalue weighted by molar-refractivity contribution is 0.522. The zero-order chi connectivity index (χ0) is 21.1. The van der Waals surface area contributed by atoms with E-state index in [4.69, 9.17) is 11.6 Å². The maximum absolute atomic E-state index is 10.8. The van der Waals surface area contributed by atoms with Crippen LogP contribution >= 0.6 is 11.6 Å². The Hall–Kier alpha value is -3.05. The van der Waals surface area contributed by atoms with Crippen LogP contribution < -0.4 is 15.4 Å². The van der Waals surface area contributed by atoms with E-state index >= 15 is 0 Å². The molecule has 0 aliphatic carbocycles. The Labute approximate surface area is 179 Å². The number of halogens is 1. The van der Waals surface area contributed by atoms with Crippen LogP contribution in [-0.2, 0) is 17.8 Å². The van der Waals surface area contributed by atoms with Gasteiger partial charge < -0.3 is 15.2 Å². The van der Waals surface area contributed by atoms with Crippen LogP contribution in [0.2, 0.25) is 5.15 Å². The van der Waals surface area contributed by atoms with Crippen molar-refractivity contribution < 1.29 is 8.76 Å². The molecule has 1 atom stereocenters. The number of anilines is 4. The summed E-state index contributed by atoms with van der Waals surface area (Å²) in [5.41, 5.74) is 3.87. The molecule has 0 bridgehead atoms. The highest BCUT2D eigenvalue weighted by molar-refractivity contribution is 7.77. The van der Waals surface area contributed by atoms with Crippen LogP contribution in [0.1, 0.15) is 11.1 Å². The second kappa shape index (κ2) is 8.76. The van der Waals surface area contributed by atoms with E-state index in [-0.39, 0.29) is 6.54 Å². The van der Waals surface area contributed by atoms with E-state index in [2.05, 4.69) is 35.5 Å². The molecule has 4 N–H and O–H groups in total. The molecular weight excluding hydrogens is 426 g/mol. The standard InChI is InChI=1S/C19H18ClN7O2S/c1-11-9-21-19(23-13-6-7-14-16(8-13)26-27-17(14)20)25-18(11)24-15-5-3-2-4-12(15)10-22-30(28)29/h2-9,22H,10H2,1H3,(H,26,27)(H,28,29)(H2,21,23,24,25)/p-1. The van der Waals surface area contributed by atoms with E-state index in [9.17, 15) is 8.76 Å². The fourth-order valence-electron chi connectivity index (χ4n) is 2.88. The normalized spacial score (nSPS) is 12.1. The van der Waals surface area contributed by atoms with Gasteiger partial charge in [-0.1, -0.05) is 29.8 Å². The summed E-state index contributed by atoms with van der Waals surface area (Å²) in [4.78, 5) is 8.89. The highest BCUT2D eigenvalue weighted by Crippen LogP contribution is 2.26. The van der Waals surface area contributed by atoms with E-state index in [1.54, 1.807) is 6.20 Å². The summed E-state index contributed by atoms with van der Waals surface area (Å²) in [5, 5.41) is 14.6. The molecule has 9 nitrogen and oxygen atoms in total. The molecule has 0 spiro atoms. The summed E-state index contributed by atoms with van der Waals surface area (Å²) in [6.45, 7) is 2.05. The number of nitrogens with one attached hydrogen (secondary N) is 4. The number of aromatic amines is 1. The van der Waals surface area contributed by atoms with E-state index in [1.165, 1.54) is 0 Å². The SMILES string of the molecule is Cc1cnc(Nc2ccc3c(Cl)[nH]nc3c2)nc1Nc1ccccc1CNS(=O)[O-]. The molecule has 2 heterocycles. The summed E-state index contributed by atoms with van der Waals surface area (Å²) < 4.78 is 24.0. The summed E-state index contributed by atoms with van der Waals surface area (Å²) in [6, 6.07) is 13.0. The van der Waals surface area contributed by atoms with Gasteiger partial charge in [0.05, 0.1) is 5.52 Å². The number of hydrogen-bond acceptors (Lipinski definition) is 7. The molecule has 0 aliphatic rings. The minimum atomic E-state index is -2.34. The van der Waals surface area contributed by atoms with Gasteiger partial charge in [-0.3, -0.25) is 9.31 Å². The highest BCUT2D eigenvalue weighted by atomic mass is 35.5. The van der Waals surface area contributed by atoms with Crippen LogP contribution in [0, 0.1) is 6.92 Å². The lowest BCUT2D eigenvalue weighted by Crippen LogP contribution is -2.16. The minimum absolute atomic E-state index is 0.167. The van der Waals surface area contributed by atoms with Crippen molar-refractivity contribution in [3.63, 3.8) is 0 Å². The first-order valence-corrected chi connectivity index (χ1v) is 10.4. The Morgan fingerprint density at radius 1 is 1.20 bits per heavy atom. The van der Waals surface area contributed by atoms with Gasteiger partial charge in [0, 0.05) is 46.3 Å². The second-order valence-electron chi connectivity index (χ2n) is 6.46. The molecule has 1 unspecified atom stereocenters. The van der Waals surface area contributed by atoms with Crippen LogP contribution in [0.3, 0.4) is 0 Å². The molecule has 0 saturated heterocycles. The maximum atomic E-state index is 10.8. The summed E-state index contributed by atoms with van der Waals surface area (Å²) in [6.07, 6.45) is 1.70. The van der Waals surface area contributed by atoms with Gasteiger partial charge in [0.2, 0.25) is 5.95 Å². The average molecular weight is 443 g/mol. The van der Waals surface area contributed by atoms with Crippen LogP contribution in [0.25, 0.3) is 10.9 Å². The van der Waals surface area contributed by atoms with Crippen LogP contribution in [0.4, 0.5) is 23.1 Å². The van der Waals surface area contributed by atoms with Crippen molar-refractivity contribution in [3.05, 3.63) is 64.9 Å². The molecule has 4 rings (SSSR count). The summed E-state index contributed by atoms with van der Waals surface area (Å²) in [5.74, 6) is 1.01. The molecule has 2 aromatic heterocycles. The first-order valence-electron chi connectivity index (χ1n) is 8.91. The van der Waals surface area contributed by atoms with Crippen LogP contribution in [0.15, 0.2) is 48.7 Å². The molecule has 154 valence electrons. The number of nitrogens with zero attached hydrogens (tertiary/aromatic N) is 3. The number of para-hydroxylation sites is 1. The Bertz CT molecular complexity index is 1230. The van der Waals surface area contributed by atoms with Crippen molar-refractivity contribution >= 4 is 56.9 Å². The monoisotopic (exact) mass is 442 g/mol. The third-order valence-corrected chi connectivity index (χ3v) is 5.06. The Morgan fingerprint density at radius 3 is 2.87 bits per heavy atom. The van der Waals surface area contributed by atoms with E-state index in [0.29, 0.717) is 16.9 Å². The fourth-order valence-corrected chi connectivity index (χ4v) is 3.35. The maximum Gasteiger partial charge on any atom is 0.229 e. The predicted molar refractivity (Wildman–Crippen MR) is 117 cm³/mol. The number of rotatable bonds is 7. The fraction of sp³-hybridized carbons (Fsp3) is 0.105. The van der Waals surface area contributed by atoms with Gasteiger partial charge >= 0.3 is 0 Å². The minimum Gasteiger partial charge on any atom is -0.760 e.